The molecule has 0 fully saturated rings. The molecule has 5 nitrogen and oxygen atoms in total. The van der Waals surface area contributed by atoms with Gasteiger partial charge >= 0.3 is 12.0 Å². The van der Waals surface area contributed by atoms with Gasteiger partial charge in [0.1, 0.15) is 0 Å². The number of esters is 1. The molecule has 2 heterocycles. The highest BCUT2D eigenvalue weighted by Gasteiger charge is 2.37. The molecule has 2 aromatic rings. The van der Waals surface area contributed by atoms with Crippen LogP contribution >= 0.6 is 11.3 Å². The molecule has 3 rings (SSSR count). The Morgan fingerprint density at radius 2 is 2.09 bits per heavy atom. The van der Waals surface area contributed by atoms with E-state index >= 15 is 0 Å². The van der Waals surface area contributed by atoms with E-state index in [2.05, 4.69) is 5.32 Å². The van der Waals surface area contributed by atoms with Crippen molar-refractivity contribution in [2.45, 2.75) is 19.4 Å². The summed E-state index contributed by atoms with van der Waals surface area (Å²) in [5.41, 5.74) is 2.59. The topological polar surface area (TPSA) is 58.6 Å². The quantitative estimate of drug-likeness (QED) is 0.859. The minimum absolute atomic E-state index is 0.286. The van der Waals surface area contributed by atoms with Gasteiger partial charge in [0.15, 0.2) is 6.04 Å². The molecule has 1 aliphatic rings. The summed E-state index contributed by atoms with van der Waals surface area (Å²) in [5.74, 6) is -0.413. The molecule has 0 radical (unpaired) electrons. The number of carbonyl (C=O) groups excluding carboxylic acids is 2. The largest absolute Gasteiger partial charge is 0.467 e. The molecule has 120 valence electrons. The minimum Gasteiger partial charge on any atom is -0.467 e. The Balaban J connectivity index is 1.87. The number of benzene rings is 1. The van der Waals surface area contributed by atoms with Gasteiger partial charge in [-0.25, -0.2) is 9.59 Å². The van der Waals surface area contributed by atoms with Crippen LogP contribution in [0.2, 0.25) is 0 Å². The van der Waals surface area contributed by atoms with E-state index in [9.17, 15) is 9.59 Å². The monoisotopic (exact) mass is 330 g/mol. The predicted octanol–water partition coefficient (Wildman–Crippen LogP) is 3.36. The van der Waals surface area contributed by atoms with E-state index in [1.54, 1.807) is 16.2 Å². The molecular formula is C17H18N2O3S. The first-order valence-corrected chi connectivity index (χ1v) is 8.27. The van der Waals surface area contributed by atoms with Crippen molar-refractivity contribution in [1.82, 2.24) is 4.90 Å². The summed E-state index contributed by atoms with van der Waals surface area (Å²) in [5, 5.41) is 4.84. The second-order valence-corrected chi connectivity index (χ2v) is 6.41. The first-order chi connectivity index (χ1) is 11.1. The van der Waals surface area contributed by atoms with Crippen LogP contribution in [0.4, 0.5) is 10.5 Å². The zero-order chi connectivity index (χ0) is 16.4. The molecule has 6 heteroatoms. The van der Waals surface area contributed by atoms with Crippen LogP contribution < -0.4 is 5.32 Å². The summed E-state index contributed by atoms with van der Waals surface area (Å²) in [6.07, 6.45) is 0.752. The number of methoxy groups -OCH3 is 1. The average Bonchev–Trinajstić information content (AvgIpc) is 3.03. The number of thiophene rings is 1. The van der Waals surface area contributed by atoms with Crippen molar-refractivity contribution in [3.63, 3.8) is 0 Å². The first-order valence-electron chi connectivity index (χ1n) is 7.39. The maximum Gasteiger partial charge on any atom is 0.333 e. The van der Waals surface area contributed by atoms with Crippen molar-refractivity contribution in [3.05, 3.63) is 51.7 Å². The number of urea groups is 1. The summed E-state index contributed by atoms with van der Waals surface area (Å²) >= 11 is 1.61. The van der Waals surface area contributed by atoms with Gasteiger partial charge < -0.3 is 15.0 Å². The molecule has 0 spiro atoms. The lowest BCUT2D eigenvalue weighted by Crippen LogP contribution is -2.45. The highest BCUT2D eigenvalue weighted by molar-refractivity contribution is 7.10. The van der Waals surface area contributed by atoms with E-state index < -0.39 is 12.0 Å². The zero-order valence-electron chi connectivity index (χ0n) is 13.0. The molecule has 0 saturated carbocycles. The van der Waals surface area contributed by atoms with Crippen molar-refractivity contribution in [1.29, 1.82) is 0 Å². The molecule has 2 amide bonds. The van der Waals surface area contributed by atoms with Crippen molar-refractivity contribution >= 4 is 29.0 Å². The van der Waals surface area contributed by atoms with E-state index in [0.717, 1.165) is 28.1 Å². The van der Waals surface area contributed by atoms with Crippen LogP contribution in [0.25, 0.3) is 0 Å². The highest BCUT2D eigenvalue weighted by Crippen LogP contribution is 2.34. The van der Waals surface area contributed by atoms with Gasteiger partial charge in [-0.2, -0.15) is 0 Å². The zero-order valence-corrected chi connectivity index (χ0v) is 13.9. The number of hydrogen-bond acceptors (Lipinski definition) is 4. The van der Waals surface area contributed by atoms with Crippen molar-refractivity contribution in [2.75, 3.05) is 19.0 Å². The number of amides is 2. The van der Waals surface area contributed by atoms with Crippen LogP contribution in [-0.4, -0.2) is 30.6 Å². The van der Waals surface area contributed by atoms with Crippen molar-refractivity contribution in [3.8, 4) is 0 Å². The van der Waals surface area contributed by atoms with Crippen LogP contribution in [0.15, 0.2) is 35.7 Å². The third-order valence-electron chi connectivity index (χ3n) is 4.04. The standard InChI is InChI=1S/C17H18N2O3S/c1-11-5-3-4-6-13(11)18-17(21)19-9-7-14-12(8-10-23-14)15(19)16(20)22-2/h3-6,8,10,15H,7,9H2,1-2H3,(H,18,21). The van der Waals surface area contributed by atoms with Gasteiger partial charge in [-0.1, -0.05) is 18.2 Å². The van der Waals surface area contributed by atoms with Crippen molar-refractivity contribution < 1.29 is 14.3 Å². The maximum atomic E-state index is 12.7. The second-order valence-electron chi connectivity index (χ2n) is 5.41. The molecule has 23 heavy (non-hydrogen) atoms. The van der Waals surface area contributed by atoms with Crippen LogP contribution in [0.5, 0.6) is 0 Å². The Bertz CT molecular complexity index is 741. The van der Waals surface area contributed by atoms with Gasteiger partial charge in [0, 0.05) is 17.1 Å². The number of nitrogens with one attached hydrogen (secondary N) is 1. The molecule has 1 aromatic heterocycles. The fourth-order valence-corrected chi connectivity index (χ4v) is 3.70. The van der Waals surface area contributed by atoms with Gasteiger partial charge in [-0.05, 0) is 42.0 Å². The number of carbonyl (C=O) groups is 2. The molecule has 0 aliphatic carbocycles. The van der Waals surface area contributed by atoms with Gasteiger partial charge in [-0.15, -0.1) is 11.3 Å². The first kappa shape index (κ1) is 15.6. The lowest BCUT2D eigenvalue weighted by Gasteiger charge is -2.34. The Labute approximate surface area is 138 Å². The fraction of sp³-hybridized carbons (Fsp3) is 0.294. The van der Waals surface area contributed by atoms with Gasteiger partial charge in [0.05, 0.1) is 7.11 Å². The molecule has 0 saturated heterocycles. The number of hydrogen-bond donors (Lipinski definition) is 1. The van der Waals surface area contributed by atoms with E-state index in [0.29, 0.717) is 6.54 Å². The second kappa shape index (κ2) is 6.42. The number of para-hydroxylation sites is 1. The van der Waals surface area contributed by atoms with Crippen LogP contribution in [0, 0.1) is 6.92 Å². The molecule has 1 aromatic carbocycles. The Hall–Kier alpha value is -2.34. The van der Waals surface area contributed by atoms with Gasteiger partial charge in [0.2, 0.25) is 0 Å². The van der Waals surface area contributed by atoms with E-state index in [1.165, 1.54) is 7.11 Å². The molecule has 1 unspecified atom stereocenters. The smallest absolute Gasteiger partial charge is 0.333 e. The van der Waals surface area contributed by atoms with Crippen molar-refractivity contribution in [2.24, 2.45) is 0 Å². The number of rotatable bonds is 2. The molecule has 1 aliphatic heterocycles. The lowest BCUT2D eigenvalue weighted by molar-refractivity contribution is -0.146. The Morgan fingerprint density at radius 1 is 1.30 bits per heavy atom. The third-order valence-corrected chi connectivity index (χ3v) is 5.03. The van der Waals surface area contributed by atoms with Gasteiger partial charge in [-0.3, -0.25) is 0 Å². The maximum absolute atomic E-state index is 12.7. The van der Waals surface area contributed by atoms with E-state index in [4.69, 9.17) is 4.74 Å². The van der Waals surface area contributed by atoms with Gasteiger partial charge in [0.25, 0.3) is 0 Å². The number of ether oxygens (including phenoxy) is 1. The lowest BCUT2D eigenvalue weighted by atomic mass is 10.0. The van der Waals surface area contributed by atoms with E-state index in [-0.39, 0.29) is 6.03 Å². The van der Waals surface area contributed by atoms with Crippen LogP contribution in [0.3, 0.4) is 0 Å². The van der Waals surface area contributed by atoms with Crippen LogP contribution in [-0.2, 0) is 16.0 Å². The number of anilines is 1. The molecular weight excluding hydrogens is 312 g/mol. The SMILES string of the molecule is COC(=O)C1c2ccsc2CCN1C(=O)Nc1ccccc1C. The number of aryl methyl sites for hydroxylation is 1. The average molecular weight is 330 g/mol. The predicted molar refractivity (Wildman–Crippen MR) is 89.7 cm³/mol. The van der Waals surface area contributed by atoms with E-state index in [1.807, 2.05) is 42.6 Å². The fourth-order valence-electron chi connectivity index (χ4n) is 2.80. The molecule has 0 bridgehead atoms. The number of nitrogens with zero attached hydrogens (tertiary/aromatic N) is 1. The Kier molecular flexibility index (Phi) is 4.34. The summed E-state index contributed by atoms with van der Waals surface area (Å²) in [6.45, 7) is 2.42. The summed E-state index contributed by atoms with van der Waals surface area (Å²) in [7, 11) is 1.35. The third kappa shape index (κ3) is 2.94. The molecule has 1 atom stereocenters. The highest BCUT2D eigenvalue weighted by atomic mass is 32.1. The number of fused-ring (bicyclic) bond motifs is 1. The summed E-state index contributed by atoms with van der Waals surface area (Å²) in [6, 6.07) is 8.50. The van der Waals surface area contributed by atoms with Crippen LogP contribution in [0.1, 0.15) is 22.0 Å². The summed E-state index contributed by atoms with van der Waals surface area (Å²) in [4.78, 5) is 27.6. The minimum atomic E-state index is -0.681. The summed E-state index contributed by atoms with van der Waals surface area (Å²) < 4.78 is 4.91. The normalized spacial score (nSPS) is 16.6. The molecule has 1 N–H and O–H groups in total. The Morgan fingerprint density at radius 3 is 2.83 bits per heavy atom.